The second kappa shape index (κ2) is 6.19. The molecule has 0 nitrogen and oxygen atoms in total. The van der Waals surface area contributed by atoms with Crippen molar-refractivity contribution >= 4 is 36.3 Å². The Kier molecular flexibility index (Phi) is 4.87. The standard InChI is InChI=1S/C15H18Br2/c1-2-3-4-5-9-12-11-8-6-7-10-13(11)15(17)14(12)16/h6-8,10,12H,2-5,9H2,1H3. The molecular weight excluding hydrogens is 340 g/mol. The highest BCUT2D eigenvalue weighted by Gasteiger charge is 2.27. The minimum Gasteiger partial charge on any atom is -0.0654 e. The number of allylic oxidation sites excluding steroid dienone is 1. The molecule has 92 valence electrons. The summed E-state index contributed by atoms with van der Waals surface area (Å²) < 4.78 is 2.57. The average molecular weight is 358 g/mol. The van der Waals surface area contributed by atoms with E-state index in [1.165, 1.54) is 52.2 Å². The number of benzene rings is 1. The van der Waals surface area contributed by atoms with Crippen LogP contribution in [0.2, 0.25) is 0 Å². The molecule has 1 aliphatic carbocycles. The summed E-state index contributed by atoms with van der Waals surface area (Å²) in [7, 11) is 0. The Balaban J connectivity index is 2.08. The van der Waals surface area contributed by atoms with Crippen molar-refractivity contribution in [1.82, 2.24) is 0 Å². The summed E-state index contributed by atoms with van der Waals surface area (Å²) in [5.41, 5.74) is 2.84. The van der Waals surface area contributed by atoms with E-state index in [1.807, 2.05) is 0 Å². The van der Waals surface area contributed by atoms with Gasteiger partial charge in [0.1, 0.15) is 0 Å². The van der Waals surface area contributed by atoms with Gasteiger partial charge in [0.2, 0.25) is 0 Å². The number of halogens is 2. The van der Waals surface area contributed by atoms with Crippen molar-refractivity contribution in [1.29, 1.82) is 0 Å². The van der Waals surface area contributed by atoms with Crippen LogP contribution in [0.1, 0.15) is 56.1 Å². The van der Waals surface area contributed by atoms with Crippen LogP contribution in [0.15, 0.2) is 28.7 Å². The Morgan fingerprint density at radius 1 is 1.06 bits per heavy atom. The van der Waals surface area contributed by atoms with Gasteiger partial charge in [0.05, 0.1) is 0 Å². The fourth-order valence-electron chi connectivity index (χ4n) is 2.48. The molecular formula is C15H18Br2. The molecule has 1 aromatic carbocycles. The zero-order chi connectivity index (χ0) is 12.3. The van der Waals surface area contributed by atoms with Crippen molar-refractivity contribution in [3.8, 4) is 0 Å². The van der Waals surface area contributed by atoms with Gasteiger partial charge in [0, 0.05) is 14.9 Å². The van der Waals surface area contributed by atoms with Gasteiger partial charge in [-0.05, 0) is 33.5 Å². The summed E-state index contributed by atoms with van der Waals surface area (Å²) in [5, 5.41) is 0. The van der Waals surface area contributed by atoms with Crippen LogP contribution in [0, 0.1) is 0 Å². The normalized spacial score (nSPS) is 18.6. The first-order valence-corrected chi connectivity index (χ1v) is 7.98. The second-order valence-corrected chi connectivity index (χ2v) is 6.30. The molecule has 0 aliphatic heterocycles. The SMILES string of the molecule is CCCCCCC1C(Br)=C(Br)c2ccccc21. The molecule has 1 aliphatic rings. The van der Waals surface area contributed by atoms with Gasteiger partial charge in [-0.3, -0.25) is 0 Å². The monoisotopic (exact) mass is 356 g/mol. The fraction of sp³-hybridized carbons (Fsp3) is 0.467. The number of unbranched alkanes of at least 4 members (excludes halogenated alkanes) is 3. The Labute approximate surface area is 121 Å². The maximum atomic E-state index is 3.75. The highest BCUT2D eigenvalue weighted by Crippen LogP contribution is 2.49. The lowest BCUT2D eigenvalue weighted by Crippen LogP contribution is -1.95. The first kappa shape index (κ1) is 13.4. The van der Waals surface area contributed by atoms with Crippen LogP contribution in [0.25, 0.3) is 4.48 Å². The van der Waals surface area contributed by atoms with E-state index in [-0.39, 0.29) is 0 Å². The largest absolute Gasteiger partial charge is 0.0654 e. The first-order chi connectivity index (χ1) is 8.25. The third-order valence-electron chi connectivity index (χ3n) is 3.43. The number of hydrogen-bond donors (Lipinski definition) is 0. The highest BCUT2D eigenvalue weighted by molar-refractivity contribution is 9.16. The molecule has 0 radical (unpaired) electrons. The molecule has 0 fully saturated rings. The molecule has 0 amide bonds. The topological polar surface area (TPSA) is 0 Å². The predicted octanol–water partition coefficient (Wildman–Crippen LogP) is 6.21. The van der Waals surface area contributed by atoms with Crippen molar-refractivity contribution in [3.63, 3.8) is 0 Å². The van der Waals surface area contributed by atoms with Crippen LogP contribution >= 0.6 is 31.9 Å². The van der Waals surface area contributed by atoms with Crippen molar-refractivity contribution in [3.05, 3.63) is 39.9 Å². The molecule has 0 saturated heterocycles. The van der Waals surface area contributed by atoms with E-state index >= 15 is 0 Å². The third kappa shape index (κ3) is 2.85. The molecule has 2 rings (SSSR count). The van der Waals surface area contributed by atoms with E-state index in [2.05, 4.69) is 63.0 Å². The summed E-state index contributed by atoms with van der Waals surface area (Å²) in [4.78, 5) is 0. The minimum absolute atomic E-state index is 0.567. The molecule has 2 heteroatoms. The maximum absolute atomic E-state index is 3.75. The maximum Gasteiger partial charge on any atom is 0.0358 e. The molecule has 17 heavy (non-hydrogen) atoms. The molecule has 0 spiro atoms. The van der Waals surface area contributed by atoms with Crippen LogP contribution in [0.5, 0.6) is 0 Å². The highest BCUT2D eigenvalue weighted by atomic mass is 79.9. The molecule has 0 N–H and O–H groups in total. The zero-order valence-corrected chi connectivity index (χ0v) is 13.4. The van der Waals surface area contributed by atoms with E-state index in [9.17, 15) is 0 Å². The van der Waals surface area contributed by atoms with E-state index in [1.54, 1.807) is 0 Å². The lowest BCUT2D eigenvalue weighted by Gasteiger charge is -2.12. The van der Waals surface area contributed by atoms with Crippen LogP contribution in [-0.2, 0) is 0 Å². The van der Waals surface area contributed by atoms with Gasteiger partial charge >= 0.3 is 0 Å². The smallest absolute Gasteiger partial charge is 0.0358 e. The van der Waals surface area contributed by atoms with Crippen molar-refractivity contribution in [2.75, 3.05) is 0 Å². The second-order valence-electron chi connectivity index (χ2n) is 4.65. The molecule has 1 unspecified atom stereocenters. The Morgan fingerprint density at radius 3 is 2.59 bits per heavy atom. The molecule has 0 aromatic heterocycles. The molecule has 0 heterocycles. The van der Waals surface area contributed by atoms with Crippen LogP contribution in [-0.4, -0.2) is 0 Å². The third-order valence-corrected chi connectivity index (χ3v) is 5.77. The summed E-state index contributed by atoms with van der Waals surface area (Å²) in [6.45, 7) is 2.26. The van der Waals surface area contributed by atoms with E-state index < -0.39 is 0 Å². The van der Waals surface area contributed by atoms with Gasteiger partial charge in [0.25, 0.3) is 0 Å². The average Bonchev–Trinajstić information content (AvgIpc) is 2.60. The number of rotatable bonds is 5. The fourth-order valence-corrected chi connectivity index (χ4v) is 3.80. The lowest BCUT2D eigenvalue weighted by atomic mass is 9.95. The summed E-state index contributed by atoms with van der Waals surface area (Å²) in [5.74, 6) is 0.567. The molecule has 1 aromatic rings. The quantitative estimate of drug-likeness (QED) is 0.549. The van der Waals surface area contributed by atoms with Crippen LogP contribution in [0.3, 0.4) is 0 Å². The van der Waals surface area contributed by atoms with E-state index in [4.69, 9.17) is 0 Å². The predicted molar refractivity (Wildman–Crippen MR) is 82.7 cm³/mol. The number of hydrogen-bond acceptors (Lipinski definition) is 0. The molecule has 0 saturated carbocycles. The summed E-state index contributed by atoms with van der Waals surface area (Å²) in [6.07, 6.45) is 6.60. The molecule has 0 bridgehead atoms. The summed E-state index contributed by atoms with van der Waals surface area (Å²) in [6, 6.07) is 8.71. The van der Waals surface area contributed by atoms with Crippen LogP contribution < -0.4 is 0 Å². The van der Waals surface area contributed by atoms with Crippen LogP contribution in [0.4, 0.5) is 0 Å². The van der Waals surface area contributed by atoms with Gasteiger partial charge < -0.3 is 0 Å². The van der Waals surface area contributed by atoms with Crippen molar-refractivity contribution in [2.24, 2.45) is 0 Å². The van der Waals surface area contributed by atoms with Gasteiger partial charge in [-0.1, -0.05) is 72.8 Å². The zero-order valence-electron chi connectivity index (χ0n) is 10.2. The minimum atomic E-state index is 0.567. The van der Waals surface area contributed by atoms with E-state index in [0.717, 1.165) is 0 Å². The van der Waals surface area contributed by atoms with Gasteiger partial charge in [-0.25, -0.2) is 0 Å². The number of fused-ring (bicyclic) bond motifs is 1. The summed E-state index contributed by atoms with van der Waals surface area (Å²) >= 11 is 7.45. The Bertz CT molecular complexity index is 421. The Morgan fingerprint density at radius 2 is 1.82 bits per heavy atom. The first-order valence-electron chi connectivity index (χ1n) is 6.40. The van der Waals surface area contributed by atoms with Gasteiger partial charge in [-0.15, -0.1) is 0 Å². The Hall–Kier alpha value is -0.0800. The van der Waals surface area contributed by atoms with Gasteiger partial charge in [0.15, 0.2) is 0 Å². The lowest BCUT2D eigenvalue weighted by molar-refractivity contribution is 0.605. The van der Waals surface area contributed by atoms with Crippen molar-refractivity contribution < 1.29 is 0 Å². The molecule has 1 atom stereocenters. The van der Waals surface area contributed by atoms with Gasteiger partial charge in [-0.2, -0.15) is 0 Å². The van der Waals surface area contributed by atoms with Crippen molar-refractivity contribution in [2.45, 2.75) is 44.9 Å². The van der Waals surface area contributed by atoms with E-state index in [0.29, 0.717) is 5.92 Å².